The molecular weight excluding hydrogens is 856 g/mol. The molecule has 10 rings (SSSR count). The van der Waals surface area contributed by atoms with Crippen molar-refractivity contribution in [1.82, 2.24) is 39.6 Å². The molecule has 1 unspecified atom stereocenters. The van der Waals surface area contributed by atoms with Gasteiger partial charge < -0.3 is 29.9 Å². The summed E-state index contributed by atoms with van der Waals surface area (Å²) in [6.45, 7) is 5.73. The molecule has 4 aromatic heterocycles. The molecule has 1 saturated carbocycles. The Kier molecular flexibility index (Phi) is 11.5. The van der Waals surface area contributed by atoms with Gasteiger partial charge in [-0.25, -0.2) is 18.9 Å². The Labute approximate surface area is 387 Å². The molecule has 17 nitrogen and oxygen atoms in total. The minimum Gasteiger partial charge on any atom is -0.389 e. The van der Waals surface area contributed by atoms with Gasteiger partial charge in [0.25, 0.3) is 0 Å². The summed E-state index contributed by atoms with van der Waals surface area (Å²) in [5.74, 6) is -0.398. The van der Waals surface area contributed by atoms with E-state index in [0.717, 1.165) is 81.3 Å². The van der Waals surface area contributed by atoms with Gasteiger partial charge in [-0.3, -0.25) is 24.4 Å². The van der Waals surface area contributed by atoms with Crippen LogP contribution in [0.4, 0.5) is 21.6 Å². The van der Waals surface area contributed by atoms with Crippen LogP contribution in [0.25, 0.3) is 28.0 Å². The van der Waals surface area contributed by atoms with Crippen LogP contribution in [-0.4, -0.2) is 114 Å². The van der Waals surface area contributed by atoms with Gasteiger partial charge in [0.1, 0.15) is 41.1 Å². The Bertz CT molecular complexity index is 2750. The third kappa shape index (κ3) is 8.61. The van der Waals surface area contributed by atoms with Gasteiger partial charge in [0.15, 0.2) is 0 Å². The van der Waals surface area contributed by atoms with E-state index in [1.807, 2.05) is 45.2 Å². The Morgan fingerprint density at radius 2 is 1.72 bits per heavy atom. The van der Waals surface area contributed by atoms with Crippen LogP contribution in [0, 0.1) is 28.0 Å². The molecule has 1 aromatic carbocycles. The lowest BCUT2D eigenvalue weighted by Crippen LogP contribution is -2.60. The number of aliphatic hydroxyl groups is 1. The zero-order valence-electron chi connectivity index (χ0n) is 37.7. The van der Waals surface area contributed by atoms with E-state index in [0.29, 0.717) is 79.3 Å². The molecular formula is C49H55FN12O5. The number of halogens is 1. The van der Waals surface area contributed by atoms with Gasteiger partial charge >= 0.3 is 0 Å². The Morgan fingerprint density at radius 3 is 2.39 bits per heavy atom. The number of anilines is 3. The fourth-order valence-electron chi connectivity index (χ4n) is 10.9. The van der Waals surface area contributed by atoms with Crippen molar-refractivity contribution >= 4 is 46.7 Å². The van der Waals surface area contributed by atoms with E-state index in [4.69, 9.17) is 15.1 Å². The highest BCUT2D eigenvalue weighted by molar-refractivity contribution is 6.01. The summed E-state index contributed by atoms with van der Waals surface area (Å²) in [4.78, 5) is 64.8. The highest BCUT2D eigenvalue weighted by Gasteiger charge is 2.48. The molecule has 5 aliphatic rings. The first kappa shape index (κ1) is 44.1. The molecule has 1 atom stereocenters. The van der Waals surface area contributed by atoms with Crippen LogP contribution in [0.1, 0.15) is 95.6 Å². The fraction of sp³-hybridized carbons (Fsp3) is 0.490. The lowest BCUT2D eigenvalue weighted by atomic mass is 9.67. The average Bonchev–Trinajstić information content (AvgIpc) is 4.00. The molecule has 18 heteroatoms. The molecule has 67 heavy (non-hydrogen) atoms. The maximum atomic E-state index is 15.3. The number of aldehydes is 1. The smallest absolute Gasteiger partial charge is 0.249 e. The zero-order valence-corrected chi connectivity index (χ0v) is 37.7. The van der Waals surface area contributed by atoms with Crippen LogP contribution >= 0.6 is 0 Å². The monoisotopic (exact) mass is 910 g/mol. The molecule has 8 heterocycles. The summed E-state index contributed by atoms with van der Waals surface area (Å²) < 4.78 is 19.0. The maximum absolute atomic E-state index is 15.3. The number of nitrogens with one attached hydrogen (secondary N) is 2. The standard InChI is InChI=1S/C49H55FN12O5/c1-2-47(31-63)13-17-59(18-14-47)41-7-3-32(24-52-41)44-45-33(23-51)25-54-62(45)28-39(56-44)34-26-53-61(27-34)36-9-11-48(12-10-36)29-60(30-48)43(65)22-49(67)15-19-58(20-16-49)40-6-4-35(21-37(40)50)55-38-5-8-42(64)57-46(38)66/h3-4,6-7,21,24-28,31,36,38,55,67H,2,5,8-20,22,29-30H2,1H3,(H,57,64,66). The Balaban J connectivity index is 0.724. The topological polar surface area (TPSA) is 207 Å². The largest absolute Gasteiger partial charge is 0.389 e. The number of rotatable bonds is 11. The number of aromatic nitrogens is 6. The molecule has 5 aromatic rings. The number of hydrogen-bond acceptors (Lipinski definition) is 13. The molecule has 0 radical (unpaired) electrons. The number of imide groups is 1. The van der Waals surface area contributed by atoms with Gasteiger partial charge in [-0.05, 0) is 94.5 Å². The number of nitrogens with zero attached hydrogens (tertiary/aromatic N) is 10. The number of fused-ring (bicyclic) bond motifs is 1. The van der Waals surface area contributed by atoms with Gasteiger partial charge in [-0.15, -0.1) is 0 Å². The highest BCUT2D eigenvalue weighted by Crippen LogP contribution is 2.48. The zero-order chi connectivity index (χ0) is 46.5. The van der Waals surface area contributed by atoms with Crippen molar-refractivity contribution in [3.05, 3.63) is 72.7 Å². The van der Waals surface area contributed by atoms with Gasteiger partial charge in [-0.2, -0.15) is 15.5 Å². The second-order valence-corrected chi connectivity index (χ2v) is 19.6. The van der Waals surface area contributed by atoms with E-state index in [1.54, 1.807) is 29.0 Å². The normalized spacial score (nSPS) is 21.5. The van der Waals surface area contributed by atoms with E-state index in [-0.39, 0.29) is 41.5 Å². The molecule has 1 spiro atoms. The molecule has 5 fully saturated rings. The third-order valence-electron chi connectivity index (χ3n) is 15.4. The number of nitriles is 1. The van der Waals surface area contributed by atoms with Crippen molar-refractivity contribution in [2.45, 2.75) is 102 Å². The first-order chi connectivity index (χ1) is 32.4. The second-order valence-electron chi connectivity index (χ2n) is 19.6. The van der Waals surface area contributed by atoms with Crippen LogP contribution < -0.4 is 20.4 Å². The van der Waals surface area contributed by atoms with E-state index < -0.39 is 23.4 Å². The van der Waals surface area contributed by atoms with Crippen molar-refractivity contribution in [3.63, 3.8) is 0 Å². The Morgan fingerprint density at radius 1 is 0.955 bits per heavy atom. The molecule has 348 valence electrons. The van der Waals surface area contributed by atoms with Crippen molar-refractivity contribution in [1.29, 1.82) is 5.26 Å². The maximum Gasteiger partial charge on any atom is 0.249 e. The summed E-state index contributed by atoms with van der Waals surface area (Å²) in [5, 5.41) is 36.0. The number of benzene rings is 1. The summed E-state index contributed by atoms with van der Waals surface area (Å²) in [5.41, 5.74) is 3.36. The van der Waals surface area contributed by atoms with Crippen molar-refractivity contribution in [2.24, 2.45) is 10.8 Å². The van der Waals surface area contributed by atoms with E-state index >= 15 is 4.39 Å². The number of carbonyl (C=O) groups excluding carboxylic acids is 4. The van der Waals surface area contributed by atoms with Crippen LogP contribution in [-0.2, 0) is 19.2 Å². The van der Waals surface area contributed by atoms with Gasteiger partial charge in [0.05, 0.1) is 53.7 Å². The van der Waals surface area contributed by atoms with Gasteiger partial charge in [-0.1, -0.05) is 6.92 Å². The molecule has 4 aliphatic heterocycles. The second kappa shape index (κ2) is 17.5. The van der Waals surface area contributed by atoms with E-state index in [2.05, 4.69) is 33.6 Å². The number of carbonyl (C=O) groups is 4. The summed E-state index contributed by atoms with van der Waals surface area (Å²) in [6.07, 6.45) is 17.6. The lowest BCUT2D eigenvalue weighted by molar-refractivity contribution is -0.152. The number of likely N-dealkylation sites (tertiary alicyclic amines) is 1. The van der Waals surface area contributed by atoms with Crippen LogP contribution in [0.15, 0.2) is 61.3 Å². The van der Waals surface area contributed by atoms with Crippen LogP contribution in [0.2, 0.25) is 0 Å². The minimum atomic E-state index is -1.16. The van der Waals surface area contributed by atoms with Crippen molar-refractivity contribution < 1.29 is 28.7 Å². The number of pyridine rings is 1. The predicted octanol–water partition coefficient (Wildman–Crippen LogP) is 5.44. The summed E-state index contributed by atoms with van der Waals surface area (Å²) in [6, 6.07) is 10.5. The molecule has 3 amide bonds. The summed E-state index contributed by atoms with van der Waals surface area (Å²) >= 11 is 0. The lowest BCUT2D eigenvalue weighted by Gasteiger charge is -2.54. The number of piperidine rings is 3. The molecule has 1 aliphatic carbocycles. The minimum absolute atomic E-state index is 0.0360. The van der Waals surface area contributed by atoms with Crippen molar-refractivity contribution in [2.75, 3.05) is 54.4 Å². The molecule has 3 N–H and O–H groups in total. The molecule has 4 saturated heterocycles. The average molecular weight is 911 g/mol. The van der Waals surface area contributed by atoms with Crippen LogP contribution in [0.5, 0.6) is 0 Å². The summed E-state index contributed by atoms with van der Waals surface area (Å²) in [7, 11) is 0. The Hall–Kier alpha value is -6.74. The number of hydrogen-bond donors (Lipinski definition) is 3. The van der Waals surface area contributed by atoms with Crippen molar-refractivity contribution in [3.8, 4) is 28.6 Å². The first-order valence-electron chi connectivity index (χ1n) is 23.5. The van der Waals surface area contributed by atoms with Gasteiger partial charge in [0.2, 0.25) is 17.7 Å². The van der Waals surface area contributed by atoms with E-state index in [1.165, 1.54) is 6.07 Å². The predicted molar refractivity (Wildman–Crippen MR) is 246 cm³/mol. The van der Waals surface area contributed by atoms with E-state index in [9.17, 15) is 29.5 Å². The molecule has 0 bridgehead atoms. The number of amides is 3. The SMILES string of the molecule is CCC1(C=O)CCN(c2ccc(-c3nc(-c4cnn(C5CCC6(CC5)CN(C(=O)CC5(O)CCN(c7ccc(NC8CCC(=O)NC8=O)cc7F)CC5)C6)c4)cn4ncc(C#N)c34)cn2)CC1. The van der Waals surface area contributed by atoms with Crippen LogP contribution in [0.3, 0.4) is 0 Å². The first-order valence-corrected chi connectivity index (χ1v) is 23.5. The van der Waals surface area contributed by atoms with Gasteiger partial charge in [0, 0.05) is 85.7 Å². The quantitative estimate of drug-likeness (QED) is 0.112. The highest BCUT2D eigenvalue weighted by atomic mass is 19.1. The fourth-order valence-corrected chi connectivity index (χ4v) is 10.9. The third-order valence-corrected chi connectivity index (χ3v) is 15.4.